The van der Waals surface area contributed by atoms with E-state index in [0.717, 1.165) is 5.56 Å². The standard InChI is InChI=1S/C11H15NO2/c1-8(7-12)9-3-5-10(6-4-9)11(13)14-2/h3-6,8H,7,12H2,1-2H3. The zero-order chi connectivity index (χ0) is 10.6. The smallest absolute Gasteiger partial charge is 0.337 e. The van der Waals surface area contributed by atoms with E-state index < -0.39 is 0 Å². The SMILES string of the molecule is COC(=O)c1ccc(C(C)CN)cc1. The van der Waals surface area contributed by atoms with Crippen LogP contribution in [-0.2, 0) is 4.74 Å². The largest absolute Gasteiger partial charge is 0.465 e. The van der Waals surface area contributed by atoms with Gasteiger partial charge in [0.05, 0.1) is 12.7 Å². The Hall–Kier alpha value is -1.35. The summed E-state index contributed by atoms with van der Waals surface area (Å²) in [6.45, 7) is 2.66. The third-order valence-electron chi connectivity index (χ3n) is 2.25. The second-order valence-electron chi connectivity index (χ2n) is 3.25. The predicted molar refractivity (Wildman–Crippen MR) is 55.3 cm³/mol. The van der Waals surface area contributed by atoms with Gasteiger partial charge in [-0.1, -0.05) is 19.1 Å². The van der Waals surface area contributed by atoms with E-state index in [4.69, 9.17) is 5.73 Å². The fourth-order valence-corrected chi connectivity index (χ4v) is 1.20. The Morgan fingerprint density at radius 3 is 2.43 bits per heavy atom. The van der Waals surface area contributed by atoms with Crippen molar-refractivity contribution in [2.45, 2.75) is 12.8 Å². The molecule has 0 amide bonds. The van der Waals surface area contributed by atoms with Crippen molar-refractivity contribution in [1.29, 1.82) is 0 Å². The summed E-state index contributed by atoms with van der Waals surface area (Å²) < 4.78 is 4.60. The van der Waals surface area contributed by atoms with Crippen LogP contribution in [0.2, 0.25) is 0 Å². The van der Waals surface area contributed by atoms with Crippen LogP contribution >= 0.6 is 0 Å². The molecule has 0 saturated heterocycles. The highest BCUT2D eigenvalue weighted by molar-refractivity contribution is 5.89. The molecule has 2 N–H and O–H groups in total. The molecule has 1 aromatic rings. The first-order valence-electron chi connectivity index (χ1n) is 4.57. The van der Waals surface area contributed by atoms with Crippen molar-refractivity contribution < 1.29 is 9.53 Å². The number of carbonyl (C=O) groups excluding carboxylic acids is 1. The van der Waals surface area contributed by atoms with Crippen LogP contribution in [0.1, 0.15) is 28.8 Å². The maximum Gasteiger partial charge on any atom is 0.337 e. The highest BCUT2D eigenvalue weighted by atomic mass is 16.5. The minimum Gasteiger partial charge on any atom is -0.465 e. The lowest BCUT2D eigenvalue weighted by molar-refractivity contribution is 0.0600. The van der Waals surface area contributed by atoms with Crippen LogP contribution in [0.3, 0.4) is 0 Å². The van der Waals surface area contributed by atoms with Crippen molar-refractivity contribution in [2.75, 3.05) is 13.7 Å². The summed E-state index contributed by atoms with van der Waals surface area (Å²) in [6, 6.07) is 7.33. The van der Waals surface area contributed by atoms with Crippen molar-refractivity contribution in [1.82, 2.24) is 0 Å². The lowest BCUT2D eigenvalue weighted by atomic mass is 10.0. The molecule has 3 nitrogen and oxygen atoms in total. The molecular formula is C11H15NO2. The zero-order valence-electron chi connectivity index (χ0n) is 8.49. The molecule has 1 aromatic carbocycles. The first-order chi connectivity index (χ1) is 6.69. The van der Waals surface area contributed by atoms with Crippen LogP contribution in [0.25, 0.3) is 0 Å². The van der Waals surface area contributed by atoms with Crippen molar-refractivity contribution in [3.05, 3.63) is 35.4 Å². The molecule has 0 saturated carbocycles. The van der Waals surface area contributed by atoms with Gasteiger partial charge in [-0.15, -0.1) is 0 Å². The van der Waals surface area contributed by atoms with Gasteiger partial charge in [-0.25, -0.2) is 4.79 Å². The Morgan fingerprint density at radius 1 is 1.43 bits per heavy atom. The second kappa shape index (κ2) is 4.77. The molecule has 1 atom stereocenters. The molecule has 0 aliphatic heterocycles. The van der Waals surface area contributed by atoms with Crippen LogP contribution in [0, 0.1) is 0 Å². The van der Waals surface area contributed by atoms with Gasteiger partial charge in [-0.2, -0.15) is 0 Å². The van der Waals surface area contributed by atoms with Gasteiger partial charge in [0.2, 0.25) is 0 Å². The maximum absolute atomic E-state index is 11.1. The topological polar surface area (TPSA) is 52.3 Å². The van der Waals surface area contributed by atoms with Gasteiger partial charge >= 0.3 is 5.97 Å². The Labute approximate surface area is 83.9 Å². The molecule has 3 heteroatoms. The molecule has 14 heavy (non-hydrogen) atoms. The molecule has 0 aliphatic carbocycles. The number of hydrogen-bond acceptors (Lipinski definition) is 3. The lowest BCUT2D eigenvalue weighted by Gasteiger charge is -2.08. The fraction of sp³-hybridized carbons (Fsp3) is 0.364. The Kier molecular flexibility index (Phi) is 3.65. The van der Waals surface area contributed by atoms with E-state index in [0.29, 0.717) is 18.0 Å². The molecule has 0 radical (unpaired) electrons. The number of ether oxygens (including phenoxy) is 1. The minimum atomic E-state index is -0.308. The first-order valence-corrected chi connectivity index (χ1v) is 4.57. The monoisotopic (exact) mass is 193 g/mol. The van der Waals surface area contributed by atoms with Crippen LogP contribution in [-0.4, -0.2) is 19.6 Å². The summed E-state index contributed by atoms with van der Waals surface area (Å²) in [7, 11) is 1.37. The van der Waals surface area contributed by atoms with E-state index in [1.54, 1.807) is 12.1 Å². The third-order valence-corrected chi connectivity index (χ3v) is 2.25. The van der Waals surface area contributed by atoms with Crippen molar-refractivity contribution >= 4 is 5.97 Å². The molecule has 0 aromatic heterocycles. The lowest BCUT2D eigenvalue weighted by Crippen LogP contribution is -2.09. The van der Waals surface area contributed by atoms with E-state index in [2.05, 4.69) is 4.74 Å². The predicted octanol–water partition coefficient (Wildman–Crippen LogP) is 1.54. The molecule has 0 heterocycles. The van der Waals surface area contributed by atoms with Gasteiger partial charge in [-0.05, 0) is 30.2 Å². The van der Waals surface area contributed by atoms with Crippen molar-refractivity contribution in [3.63, 3.8) is 0 Å². The van der Waals surface area contributed by atoms with E-state index in [1.807, 2.05) is 19.1 Å². The summed E-state index contributed by atoms with van der Waals surface area (Å²) in [4.78, 5) is 11.1. The summed E-state index contributed by atoms with van der Waals surface area (Å²) in [6.07, 6.45) is 0. The zero-order valence-corrected chi connectivity index (χ0v) is 8.49. The quantitative estimate of drug-likeness (QED) is 0.741. The van der Waals surface area contributed by atoms with Gasteiger partial charge < -0.3 is 10.5 Å². The number of nitrogens with two attached hydrogens (primary N) is 1. The summed E-state index contributed by atoms with van der Waals surface area (Å²) in [5.74, 6) is 0.0126. The molecule has 0 aliphatic rings. The Balaban J connectivity index is 2.83. The highest BCUT2D eigenvalue weighted by Gasteiger charge is 2.06. The molecule has 0 fully saturated rings. The third kappa shape index (κ3) is 2.33. The number of hydrogen-bond donors (Lipinski definition) is 1. The van der Waals surface area contributed by atoms with E-state index in [1.165, 1.54) is 7.11 Å². The average molecular weight is 193 g/mol. The number of methoxy groups -OCH3 is 1. The average Bonchev–Trinajstić information content (AvgIpc) is 2.27. The van der Waals surface area contributed by atoms with E-state index in [-0.39, 0.29) is 5.97 Å². The molecule has 0 bridgehead atoms. The molecule has 0 spiro atoms. The molecule has 1 unspecified atom stereocenters. The first kappa shape index (κ1) is 10.7. The molecule has 1 rings (SSSR count). The van der Waals surface area contributed by atoms with Crippen LogP contribution in [0.15, 0.2) is 24.3 Å². The molecule has 76 valence electrons. The number of rotatable bonds is 3. The maximum atomic E-state index is 11.1. The van der Waals surface area contributed by atoms with E-state index in [9.17, 15) is 4.79 Å². The Morgan fingerprint density at radius 2 is 2.00 bits per heavy atom. The number of carbonyl (C=O) groups is 1. The van der Waals surface area contributed by atoms with Gasteiger partial charge in [0.25, 0.3) is 0 Å². The fourth-order valence-electron chi connectivity index (χ4n) is 1.20. The van der Waals surface area contributed by atoms with Crippen LogP contribution < -0.4 is 5.73 Å². The van der Waals surface area contributed by atoms with Gasteiger partial charge in [0.1, 0.15) is 0 Å². The Bertz CT molecular complexity index is 306. The summed E-state index contributed by atoms with van der Waals surface area (Å²) in [5, 5.41) is 0. The van der Waals surface area contributed by atoms with Crippen molar-refractivity contribution in [3.8, 4) is 0 Å². The van der Waals surface area contributed by atoms with Crippen LogP contribution in [0.5, 0.6) is 0 Å². The number of esters is 1. The van der Waals surface area contributed by atoms with E-state index >= 15 is 0 Å². The number of benzene rings is 1. The summed E-state index contributed by atoms with van der Waals surface area (Å²) >= 11 is 0. The molecular weight excluding hydrogens is 178 g/mol. The highest BCUT2D eigenvalue weighted by Crippen LogP contribution is 2.14. The van der Waals surface area contributed by atoms with Gasteiger partial charge in [0, 0.05) is 0 Å². The van der Waals surface area contributed by atoms with Crippen molar-refractivity contribution in [2.24, 2.45) is 5.73 Å². The van der Waals surface area contributed by atoms with Gasteiger partial charge in [0.15, 0.2) is 0 Å². The second-order valence-corrected chi connectivity index (χ2v) is 3.25. The summed E-state index contributed by atoms with van der Waals surface area (Å²) in [5.41, 5.74) is 7.25. The van der Waals surface area contributed by atoms with Crippen LogP contribution in [0.4, 0.5) is 0 Å². The normalized spacial score (nSPS) is 12.2. The van der Waals surface area contributed by atoms with Gasteiger partial charge in [-0.3, -0.25) is 0 Å². The minimum absolute atomic E-state index is 0.308.